The molecule has 0 aliphatic carbocycles. The number of fused-ring (bicyclic) bond motifs is 2. The van der Waals surface area contributed by atoms with Crippen molar-refractivity contribution in [2.75, 3.05) is 31.1 Å². The number of rotatable bonds is 5. The van der Waals surface area contributed by atoms with Crippen LogP contribution in [-0.2, 0) is 6.42 Å². The fourth-order valence-electron chi connectivity index (χ4n) is 4.26. The molecule has 180 valence electrons. The fourth-order valence-corrected chi connectivity index (χ4v) is 4.75. The van der Waals surface area contributed by atoms with Crippen LogP contribution in [0.5, 0.6) is 0 Å². The Morgan fingerprint density at radius 2 is 1.83 bits per heavy atom. The van der Waals surface area contributed by atoms with Crippen LogP contribution in [0.1, 0.15) is 12.7 Å². The molecule has 4 heterocycles. The Labute approximate surface area is 210 Å². The fraction of sp³-hybridized carbons (Fsp3) is 0.250. The number of pyridine rings is 1. The molecule has 0 saturated carbocycles. The molecule has 1 aliphatic heterocycles. The molecule has 4 aromatic rings. The van der Waals surface area contributed by atoms with Crippen molar-refractivity contribution in [3.8, 4) is 11.3 Å². The monoisotopic (exact) mass is 515 g/mol. The Morgan fingerprint density at radius 1 is 1.09 bits per heavy atom. The zero-order valence-electron chi connectivity index (χ0n) is 18.9. The molecular formula is C24H21Cl2F2N7. The number of piperazine rings is 1. The van der Waals surface area contributed by atoms with Crippen molar-refractivity contribution in [2.45, 2.75) is 13.3 Å². The number of hydrogen-bond donors (Lipinski definition) is 1. The van der Waals surface area contributed by atoms with Crippen molar-refractivity contribution < 1.29 is 8.78 Å². The minimum absolute atomic E-state index is 0.0940. The Hall–Kier alpha value is -3.30. The van der Waals surface area contributed by atoms with Gasteiger partial charge in [0, 0.05) is 49.6 Å². The highest BCUT2D eigenvalue weighted by Gasteiger charge is 2.25. The smallest absolute Gasteiger partial charge is 0.165 e. The number of allylic oxidation sites excluding steroid dienone is 1. The van der Waals surface area contributed by atoms with E-state index < -0.39 is 11.6 Å². The van der Waals surface area contributed by atoms with Gasteiger partial charge in [-0.05, 0) is 6.07 Å². The van der Waals surface area contributed by atoms with Crippen LogP contribution in [0.15, 0.2) is 43.0 Å². The highest BCUT2D eigenvalue weighted by molar-refractivity contribution is 6.38. The van der Waals surface area contributed by atoms with Crippen LogP contribution >= 0.6 is 23.2 Å². The summed E-state index contributed by atoms with van der Waals surface area (Å²) in [5.74, 6) is 0.154. The zero-order valence-corrected chi connectivity index (χ0v) is 20.4. The van der Waals surface area contributed by atoms with Crippen LogP contribution in [0.2, 0.25) is 10.0 Å². The van der Waals surface area contributed by atoms with Crippen molar-refractivity contribution in [3.63, 3.8) is 0 Å². The Morgan fingerprint density at radius 3 is 2.51 bits per heavy atom. The number of hydrogen-bond acceptors (Lipinski definition) is 6. The summed E-state index contributed by atoms with van der Waals surface area (Å²) in [6.07, 6.45) is 2.15. The van der Waals surface area contributed by atoms with E-state index in [0.717, 1.165) is 0 Å². The summed E-state index contributed by atoms with van der Waals surface area (Å²) in [6.45, 7) is 11.4. The minimum atomic E-state index is -0.607. The predicted molar refractivity (Wildman–Crippen MR) is 135 cm³/mol. The number of nitrogens with one attached hydrogen (secondary N) is 1. The maximum Gasteiger partial charge on any atom is 0.165 e. The molecule has 0 unspecified atom stereocenters. The maximum atomic E-state index is 14.6. The number of H-pyrrole nitrogens is 1. The molecule has 3 aromatic heterocycles. The van der Waals surface area contributed by atoms with E-state index in [0.29, 0.717) is 83.1 Å². The van der Waals surface area contributed by atoms with Gasteiger partial charge < -0.3 is 9.80 Å². The van der Waals surface area contributed by atoms with Crippen LogP contribution in [0.4, 0.5) is 14.6 Å². The lowest BCUT2D eigenvalue weighted by atomic mass is 10.1. The molecule has 0 bridgehead atoms. The van der Waals surface area contributed by atoms with Crippen LogP contribution in [0.3, 0.4) is 0 Å². The molecule has 1 aliphatic rings. The average Bonchev–Trinajstić information content (AvgIpc) is 3.31. The lowest BCUT2D eigenvalue weighted by Gasteiger charge is -2.37. The van der Waals surface area contributed by atoms with Crippen LogP contribution < -0.4 is 4.90 Å². The van der Waals surface area contributed by atoms with E-state index in [1.807, 2.05) is 11.8 Å². The van der Waals surface area contributed by atoms with E-state index in [9.17, 15) is 8.78 Å². The molecule has 7 nitrogen and oxygen atoms in total. The summed E-state index contributed by atoms with van der Waals surface area (Å²) in [7, 11) is 0. The molecule has 1 saturated heterocycles. The number of benzene rings is 1. The predicted octanol–water partition coefficient (Wildman–Crippen LogP) is 5.70. The third-order valence-electron chi connectivity index (χ3n) is 6.13. The standard InChI is InChI=1S/C24H21Cl2F2N7/c1-4-19-30-23-14(24(31-19)35-7-5-34(6-8-35)13(3)12(2)27)9-16(25)22(32-23)20-15-11-29-33-18(15)10-17(28)21(20)26/h9-11H,2-8H2,1H3,(H,29,33). The third kappa shape index (κ3) is 4.08. The van der Waals surface area contributed by atoms with Crippen molar-refractivity contribution in [1.82, 2.24) is 30.0 Å². The molecule has 0 atom stereocenters. The number of nitrogens with zero attached hydrogens (tertiary/aromatic N) is 6. The van der Waals surface area contributed by atoms with Gasteiger partial charge in [0.15, 0.2) is 5.65 Å². The summed E-state index contributed by atoms with van der Waals surface area (Å²) in [6, 6.07) is 3.01. The van der Waals surface area contributed by atoms with Gasteiger partial charge in [0.2, 0.25) is 0 Å². The van der Waals surface area contributed by atoms with Gasteiger partial charge in [0.05, 0.1) is 38.5 Å². The highest BCUT2D eigenvalue weighted by Crippen LogP contribution is 2.40. The number of aryl methyl sites for hydroxylation is 1. The van der Waals surface area contributed by atoms with Crippen LogP contribution in [-0.4, -0.2) is 56.2 Å². The molecule has 5 rings (SSSR count). The number of aromatic nitrogens is 5. The van der Waals surface area contributed by atoms with Gasteiger partial charge in [0.1, 0.15) is 23.3 Å². The van der Waals surface area contributed by atoms with Gasteiger partial charge in [-0.3, -0.25) is 5.10 Å². The van der Waals surface area contributed by atoms with Gasteiger partial charge in [-0.25, -0.2) is 23.7 Å². The molecule has 0 radical (unpaired) electrons. The first-order chi connectivity index (χ1) is 16.8. The average molecular weight is 516 g/mol. The van der Waals surface area contributed by atoms with E-state index >= 15 is 0 Å². The summed E-state index contributed by atoms with van der Waals surface area (Å²) in [4.78, 5) is 18.0. The molecular weight excluding hydrogens is 495 g/mol. The largest absolute Gasteiger partial charge is 0.366 e. The second-order valence-corrected chi connectivity index (χ2v) is 9.00. The molecule has 35 heavy (non-hydrogen) atoms. The SMILES string of the molecule is C=C(F)C(=C)N1CCN(c2nc(CC)nc3nc(-c4c(Cl)c(F)cc5[nH]ncc45)c(Cl)cc23)CC1. The van der Waals surface area contributed by atoms with Crippen molar-refractivity contribution in [3.05, 3.63) is 64.7 Å². The van der Waals surface area contributed by atoms with Gasteiger partial charge in [-0.2, -0.15) is 5.10 Å². The van der Waals surface area contributed by atoms with E-state index in [4.69, 9.17) is 33.2 Å². The molecule has 1 fully saturated rings. The van der Waals surface area contributed by atoms with E-state index in [1.165, 1.54) is 6.07 Å². The van der Waals surface area contributed by atoms with Crippen LogP contribution in [0, 0.1) is 5.82 Å². The summed E-state index contributed by atoms with van der Waals surface area (Å²) in [5, 5.41) is 8.20. The van der Waals surface area contributed by atoms with Crippen molar-refractivity contribution in [2.24, 2.45) is 0 Å². The maximum absolute atomic E-state index is 14.6. The topological polar surface area (TPSA) is 73.8 Å². The Balaban J connectivity index is 1.61. The number of halogens is 4. The molecule has 0 amide bonds. The van der Waals surface area contributed by atoms with Crippen molar-refractivity contribution >= 4 is 51.0 Å². The quantitative estimate of drug-likeness (QED) is 0.344. The third-order valence-corrected chi connectivity index (χ3v) is 6.79. The first-order valence-corrected chi connectivity index (χ1v) is 11.8. The summed E-state index contributed by atoms with van der Waals surface area (Å²) in [5.41, 5.74) is 1.85. The van der Waals surface area contributed by atoms with E-state index in [2.05, 4.69) is 33.2 Å². The second kappa shape index (κ2) is 9.05. The summed E-state index contributed by atoms with van der Waals surface area (Å²) < 4.78 is 28.1. The van der Waals surface area contributed by atoms with E-state index in [-0.39, 0.29) is 10.0 Å². The lowest BCUT2D eigenvalue weighted by Crippen LogP contribution is -2.46. The van der Waals surface area contributed by atoms with Crippen LogP contribution in [0.25, 0.3) is 33.2 Å². The highest BCUT2D eigenvalue weighted by atomic mass is 35.5. The number of aromatic amines is 1. The van der Waals surface area contributed by atoms with Crippen molar-refractivity contribution in [1.29, 1.82) is 0 Å². The van der Waals surface area contributed by atoms with Gasteiger partial charge in [0.25, 0.3) is 0 Å². The van der Waals surface area contributed by atoms with Gasteiger partial charge in [-0.1, -0.05) is 43.3 Å². The summed E-state index contributed by atoms with van der Waals surface area (Å²) >= 11 is 13.1. The lowest BCUT2D eigenvalue weighted by molar-refractivity contribution is 0.315. The molecule has 11 heteroatoms. The first kappa shape index (κ1) is 23.4. The Bertz CT molecular complexity index is 1490. The second-order valence-electron chi connectivity index (χ2n) is 8.21. The van der Waals surface area contributed by atoms with Gasteiger partial charge in [-0.15, -0.1) is 0 Å². The Kier molecular flexibility index (Phi) is 6.06. The molecule has 1 aromatic carbocycles. The molecule has 1 N–H and O–H groups in total. The number of anilines is 1. The van der Waals surface area contributed by atoms with E-state index in [1.54, 1.807) is 12.3 Å². The first-order valence-electron chi connectivity index (χ1n) is 11.0. The molecule has 0 spiro atoms. The normalized spacial score (nSPS) is 14.2. The van der Waals surface area contributed by atoms with Gasteiger partial charge >= 0.3 is 0 Å². The minimum Gasteiger partial charge on any atom is -0.366 e. The zero-order chi connectivity index (χ0) is 24.9.